The number of unbranched alkanes of at least 4 members (excludes halogenated alkanes) is 1. The molecule has 6 nitrogen and oxygen atoms in total. The number of rotatable bonds is 8. The summed E-state index contributed by atoms with van der Waals surface area (Å²) in [6, 6.07) is -0.317. The third kappa shape index (κ3) is 4.84. The second-order valence-corrected chi connectivity index (χ2v) is 12.4. The van der Waals surface area contributed by atoms with Crippen LogP contribution in [0.4, 0.5) is 0 Å². The highest BCUT2D eigenvalue weighted by Gasteiger charge is 2.61. The number of carbonyl (C=O) groups is 2. The molecule has 0 spiro atoms. The summed E-state index contributed by atoms with van der Waals surface area (Å²) < 4.78 is 0. The van der Waals surface area contributed by atoms with Crippen LogP contribution in [0.2, 0.25) is 0 Å². The lowest BCUT2D eigenvalue weighted by Crippen LogP contribution is -2.60. The number of carbonyl (C=O) groups excluding carboxylic acids is 1. The van der Waals surface area contributed by atoms with Gasteiger partial charge in [0.2, 0.25) is 5.91 Å². The number of nitrogens with one attached hydrogen (secondary N) is 2. The molecule has 0 bridgehead atoms. The van der Waals surface area contributed by atoms with Gasteiger partial charge in [-0.25, -0.2) is 0 Å². The standard InChI is InChI=1S/C27H46N2O4/c1-17(14-24(32)33)29-23(31)7-5-4-6-18-8-9-20-25-21(10-11-26(18,20)2)27(3)12-13-28-16-19(27)15-22(25)30/h17-22,25,28,30H,4-16H2,1-3H3,(H,29,31)(H,32,33)/t17?,18?,19?,20?,21?,22-,25?,26?,27-/m0/s1. The highest BCUT2D eigenvalue weighted by atomic mass is 16.4. The number of aliphatic hydroxyl groups excluding tert-OH is 1. The number of carboxylic acid groups (broad SMARTS) is 1. The van der Waals surface area contributed by atoms with Crippen LogP contribution in [0.1, 0.15) is 91.4 Å². The quantitative estimate of drug-likeness (QED) is 0.409. The minimum absolute atomic E-state index is 0.0299. The molecule has 4 rings (SSSR count). The molecule has 0 aromatic heterocycles. The maximum absolute atomic E-state index is 12.1. The SMILES string of the molecule is CC(CC(=O)O)NC(=O)CCCCC1CCC2C3C(CCC12C)[C@@]1(C)CCNCC1C[C@@H]3O. The Hall–Kier alpha value is -1.14. The van der Waals surface area contributed by atoms with Crippen molar-refractivity contribution in [3.05, 3.63) is 0 Å². The van der Waals surface area contributed by atoms with Crippen LogP contribution in [0.25, 0.3) is 0 Å². The number of hydrogen-bond donors (Lipinski definition) is 4. The van der Waals surface area contributed by atoms with Gasteiger partial charge in [0.15, 0.2) is 0 Å². The zero-order chi connectivity index (χ0) is 23.8. The van der Waals surface area contributed by atoms with Gasteiger partial charge in [0, 0.05) is 12.5 Å². The highest BCUT2D eigenvalue weighted by molar-refractivity contribution is 5.77. The fourth-order valence-corrected chi connectivity index (χ4v) is 8.78. The number of fused-ring (bicyclic) bond motifs is 5. The predicted octanol–water partition coefficient (Wildman–Crippen LogP) is 3.97. The first-order chi connectivity index (χ1) is 15.6. The Morgan fingerprint density at radius 2 is 1.85 bits per heavy atom. The van der Waals surface area contributed by atoms with Gasteiger partial charge in [0.05, 0.1) is 12.5 Å². The van der Waals surface area contributed by atoms with Gasteiger partial charge in [-0.3, -0.25) is 9.59 Å². The molecule has 1 heterocycles. The molecule has 4 aliphatic rings. The van der Waals surface area contributed by atoms with E-state index in [2.05, 4.69) is 24.5 Å². The first-order valence-electron chi connectivity index (χ1n) is 13.5. The number of hydrogen-bond acceptors (Lipinski definition) is 4. The van der Waals surface area contributed by atoms with Crippen molar-refractivity contribution in [1.29, 1.82) is 0 Å². The Kier molecular flexibility index (Phi) is 7.45. The first-order valence-corrected chi connectivity index (χ1v) is 13.5. The van der Waals surface area contributed by atoms with Gasteiger partial charge in [-0.1, -0.05) is 20.3 Å². The molecular weight excluding hydrogens is 416 g/mol. The molecule has 0 radical (unpaired) electrons. The zero-order valence-corrected chi connectivity index (χ0v) is 20.9. The summed E-state index contributed by atoms with van der Waals surface area (Å²) in [5, 5.41) is 26.5. The third-order valence-corrected chi connectivity index (χ3v) is 10.6. The average Bonchev–Trinajstić information content (AvgIpc) is 3.07. The van der Waals surface area contributed by atoms with Crippen LogP contribution in [0.3, 0.4) is 0 Å². The molecule has 0 aromatic carbocycles. The Morgan fingerprint density at radius 1 is 1.09 bits per heavy atom. The maximum atomic E-state index is 12.1. The van der Waals surface area contributed by atoms with Crippen molar-refractivity contribution in [2.45, 2.75) is 104 Å². The third-order valence-electron chi connectivity index (χ3n) is 10.6. The van der Waals surface area contributed by atoms with Crippen molar-refractivity contribution in [2.24, 2.45) is 40.4 Å². The largest absolute Gasteiger partial charge is 0.481 e. The molecule has 1 aliphatic heterocycles. The van der Waals surface area contributed by atoms with E-state index < -0.39 is 5.97 Å². The fourth-order valence-electron chi connectivity index (χ4n) is 8.78. The lowest BCUT2D eigenvalue weighted by Gasteiger charge is -2.62. The molecule has 4 N–H and O–H groups in total. The number of amides is 1. The van der Waals surface area contributed by atoms with Crippen molar-refractivity contribution >= 4 is 11.9 Å². The van der Waals surface area contributed by atoms with E-state index in [1.165, 1.54) is 38.5 Å². The zero-order valence-electron chi connectivity index (χ0n) is 20.9. The summed E-state index contributed by atoms with van der Waals surface area (Å²) in [4.78, 5) is 22.9. The number of aliphatic carboxylic acids is 1. The Morgan fingerprint density at radius 3 is 2.61 bits per heavy atom. The van der Waals surface area contributed by atoms with E-state index in [0.29, 0.717) is 46.8 Å². The van der Waals surface area contributed by atoms with Gasteiger partial charge in [0.25, 0.3) is 0 Å². The summed E-state index contributed by atoms with van der Waals surface area (Å²) in [5.74, 6) is 2.18. The van der Waals surface area contributed by atoms with Gasteiger partial charge < -0.3 is 20.8 Å². The number of aliphatic hydroxyl groups is 1. The summed E-state index contributed by atoms with van der Waals surface area (Å²) >= 11 is 0. The number of piperidine rings is 1. The minimum Gasteiger partial charge on any atom is -0.481 e. The van der Waals surface area contributed by atoms with Crippen molar-refractivity contribution in [3.63, 3.8) is 0 Å². The fraction of sp³-hybridized carbons (Fsp3) is 0.926. The second-order valence-electron chi connectivity index (χ2n) is 12.4. The van der Waals surface area contributed by atoms with E-state index in [9.17, 15) is 14.7 Å². The van der Waals surface area contributed by atoms with E-state index in [4.69, 9.17) is 5.11 Å². The molecule has 3 saturated carbocycles. The lowest BCUT2D eigenvalue weighted by molar-refractivity contribution is -0.159. The van der Waals surface area contributed by atoms with Gasteiger partial charge in [-0.05, 0) is 112 Å². The topological polar surface area (TPSA) is 98.7 Å². The van der Waals surface area contributed by atoms with E-state index in [0.717, 1.165) is 32.4 Å². The smallest absolute Gasteiger partial charge is 0.305 e. The number of carboxylic acids is 1. The van der Waals surface area contributed by atoms with Crippen molar-refractivity contribution < 1.29 is 19.8 Å². The summed E-state index contributed by atoms with van der Waals surface area (Å²) in [7, 11) is 0. The molecule has 0 aromatic rings. The van der Waals surface area contributed by atoms with Gasteiger partial charge in [-0.2, -0.15) is 0 Å². The van der Waals surface area contributed by atoms with Crippen molar-refractivity contribution in [2.75, 3.05) is 13.1 Å². The molecule has 4 fully saturated rings. The molecule has 1 saturated heterocycles. The molecule has 6 heteroatoms. The summed E-state index contributed by atoms with van der Waals surface area (Å²) in [6.45, 7) is 8.98. The molecule has 1 amide bonds. The van der Waals surface area contributed by atoms with Gasteiger partial charge in [-0.15, -0.1) is 0 Å². The minimum atomic E-state index is -0.880. The van der Waals surface area contributed by atoms with Crippen LogP contribution in [0.5, 0.6) is 0 Å². The normalized spacial score (nSPS) is 43.2. The van der Waals surface area contributed by atoms with Crippen LogP contribution in [0, 0.1) is 40.4 Å². The Balaban J connectivity index is 1.30. The molecule has 7 unspecified atom stereocenters. The van der Waals surface area contributed by atoms with E-state index in [1.807, 2.05) is 0 Å². The highest BCUT2D eigenvalue weighted by Crippen LogP contribution is 2.66. The Bertz CT molecular complexity index is 729. The first kappa shape index (κ1) is 25.0. The van der Waals surface area contributed by atoms with E-state index >= 15 is 0 Å². The summed E-state index contributed by atoms with van der Waals surface area (Å²) in [5.41, 5.74) is 0.718. The summed E-state index contributed by atoms with van der Waals surface area (Å²) in [6.07, 6.45) is 10.7. The Labute approximate surface area is 199 Å². The van der Waals surface area contributed by atoms with Crippen molar-refractivity contribution in [3.8, 4) is 0 Å². The molecule has 33 heavy (non-hydrogen) atoms. The lowest BCUT2D eigenvalue weighted by atomic mass is 9.45. The van der Waals surface area contributed by atoms with E-state index in [-0.39, 0.29) is 24.5 Å². The second kappa shape index (κ2) is 9.85. The van der Waals surface area contributed by atoms with Gasteiger partial charge in [0.1, 0.15) is 0 Å². The van der Waals surface area contributed by atoms with Crippen LogP contribution in [-0.4, -0.2) is 47.3 Å². The average molecular weight is 463 g/mol. The molecule has 9 atom stereocenters. The molecule has 188 valence electrons. The molecule has 3 aliphatic carbocycles. The monoisotopic (exact) mass is 462 g/mol. The van der Waals surface area contributed by atoms with Crippen LogP contribution in [0.15, 0.2) is 0 Å². The van der Waals surface area contributed by atoms with Gasteiger partial charge >= 0.3 is 5.97 Å². The maximum Gasteiger partial charge on any atom is 0.305 e. The van der Waals surface area contributed by atoms with Crippen LogP contribution in [-0.2, 0) is 9.59 Å². The molecular formula is C27H46N2O4. The van der Waals surface area contributed by atoms with Crippen LogP contribution < -0.4 is 10.6 Å². The predicted molar refractivity (Wildman–Crippen MR) is 129 cm³/mol. The van der Waals surface area contributed by atoms with Crippen molar-refractivity contribution in [1.82, 2.24) is 10.6 Å². The van der Waals surface area contributed by atoms with Crippen LogP contribution >= 0.6 is 0 Å². The van der Waals surface area contributed by atoms with E-state index in [1.54, 1.807) is 6.92 Å².